The van der Waals surface area contributed by atoms with Crippen molar-refractivity contribution in [1.29, 1.82) is 0 Å². The fraction of sp³-hybridized carbons (Fsp3) is 0.500. The molecular formula is C12H16F2O3S. The van der Waals surface area contributed by atoms with Crippen LogP contribution in [0.1, 0.15) is 31.1 Å². The summed E-state index contributed by atoms with van der Waals surface area (Å²) in [6, 6.07) is 2.24. The molecule has 1 N–H and O–H groups in total. The molecule has 0 heterocycles. The van der Waals surface area contributed by atoms with E-state index in [1.807, 2.05) is 0 Å². The quantitative estimate of drug-likeness (QED) is 0.921. The summed E-state index contributed by atoms with van der Waals surface area (Å²) in [7, 11) is -3.68. The van der Waals surface area contributed by atoms with Crippen molar-refractivity contribution in [1.82, 2.24) is 0 Å². The van der Waals surface area contributed by atoms with Crippen LogP contribution < -0.4 is 0 Å². The van der Waals surface area contributed by atoms with Gasteiger partial charge in [0.05, 0.1) is 10.3 Å². The number of halogens is 2. The monoisotopic (exact) mass is 278 g/mol. The van der Waals surface area contributed by atoms with E-state index in [-0.39, 0.29) is 5.56 Å². The molecule has 1 aromatic rings. The van der Waals surface area contributed by atoms with Crippen LogP contribution >= 0.6 is 0 Å². The molecular weight excluding hydrogens is 262 g/mol. The first-order valence-corrected chi connectivity index (χ1v) is 7.21. The Balaban J connectivity index is 3.45. The van der Waals surface area contributed by atoms with Gasteiger partial charge in [-0.05, 0) is 32.4 Å². The molecule has 0 saturated carbocycles. The van der Waals surface area contributed by atoms with E-state index in [0.717, 1.165) is 12.3 Å². The van der Waals surface area contributed by atoms with Crippen LogP contribution in [-0.4, -0.2) is 24.5 Å². The van der Waals surface area contributed by atoms with Crippen LogP contribution in [0.3, 0.4) is 0 Å². The molecule has 18 heavy (non-hydrogen) atoms. The Bertz CT molecular complexity index is 565. The van der Waals surface area contributed by atoms with E-state index in [9.17, 15) is 22.3 Å². The Kier molecular flexibility index (Phi) is 3.83. The second-order valence-corrected chi connectivity index (χ2v) is 7.47. The van der Waals surface area contributed by atoms with E-state index >= 15 is 0 Å². The van der Waals surface area contributed by atoms with Gasteiger partial charge in [-0.25, -0.2) is 17.2 Å². The number of sulfone groups is 1. The highest BCUT2D eigenvalue weighted by atomic mass is 32.2. The molecule has 0 radical (unpaired) electrons. The fourth-order valence-corrected chi connectivity index (χ4v) is 2.00. The largest absolute Gasteiger partial charge is 0.387 e. The summed E-state index contributed by atoms with van der Waals surface area (Å²) in [5, 5.41) is 10.0. The maximum atomic E-state index is 13.8. The van der Waals surface area contributed by atoms with Gasteiger partial charge in [0.25, 0.3) is 0 Å². The van der Waals surface area contributed by atoms with Gasteiger partial charge in [-0.2, -0.15) is 0 Å². The molecule has 0 aliphatic carbocycles. The summed E-state index contributed by atoms with van der Waals surface area (Å²) in [4.78, 5) is 0. The van der Waals surface area contributed by atoms with Crippen LogP contribution in [0.25, 0.3) is 0 Å². The normalized spacial score (nSPS) is 14.6. The van der Waals surface area contributed by atoms with Crippen LogP contribution in [-0.2, 0) is 9.84 Å². The molecule has 0 bridgehead atoms. The molecule has 0 aliphatic rings. The minimum absolute atomic E-state index is 0.148. The van der Waals surface area contributed by atoms with Crippen LogP contribution in [0.5, 0.6) is 0 Å². The number of aliphatic hydroxyl groups excluding tert-OH is 1. The first-order valence-electron chi connectivity index (χ1n) is 5.32. The van der Waals surface area contributed by atoms with E-state index in [1.165, 1.54) is 26.8 Å². The van der Waals surface area contributed by atoms with Crippen molar-refractivity contribution in [2.75, 3.05) is 6.26 Å². The first kappa shape index (κ1) is 15.0. The lowest BCUT2D eigenvalue weighted by molar-refractivity contribution is 0.130. The van der Waals surface area contributed by atoms with Crippen molar-refractivity contribution in [2.45, 2.75) is 31.6 Å². The predicted octanol–water partition coefficient (Wildman–Crippen LogP) is 2.13. The number of rotatable bonds is 3. The Morgan fingerprint density at radius 3 is 2.22 bits per heavy atom. The molecule has 1 rings (SSSR count). The third-order valence-corrected chi connectivity index (χ3v) is 5.34. The molecule has 1 aromatic carbocycles. The molecule has 0 aliphatic heterocycles. The van der Waals surface area contributed by atoms with Gasteiger partial charge >= 0.3 is 0 Å². The molecule has 1 unspecified atom stereocenters. The van der Waals surface area contributed by atoms with Gasteiger partial charge in [0.2, 0.25) is 0 Å². The first-order chi connectivity index (χ1) is 8.00. The van der Waals surface area contributed by atoms with E-state index in [0.29, 0.717) is 0 Å². The molecule has 102 valence electrons. The van der Waals surface area contributed by atoms with E-state index in [4.69, 9.17) is 0 Å². The Labute approximate surface area is 105 Å². The van der Waals surface area contributed by atoms with Crippen LogP contribution in [0.4, 0.5) is 8.78 Å². The number of aryl methyl sites for hydroxylation is 1. The van der Waals surface area contributed by atoms with Crippen molar-refractivity contribution in [3.05, 3.63) is 34.9 Å². The van der Waals surface area contributed by atoms with E-state index < -0.39 is 37.9 Å². The summed E-state index contributed by atoms with van der Waals surface area (Å²) in [6.45, 7) is 3.88. The second-order valence-electron chi connectivity index (χ2n) is 4.87. The summed E-state index contributed by atoms with van der Waals surface area (Å²) < 4.78 is 48.9. The Morgan fingerprint density at radius 2 is 1.78 bits per heavy atom. The summed E-state index contributed by atoms with van der Waals surface area (Å²) >= 11 is 0. The number of benzene rings is 1. The average molecular weight is 278 g/mol. The zero-order valence-corrected chi connectivity index (χ0v) is 11.5. The van der Waals surface area contributed by atoms with Crippen molar-refractivity contribution >= 4 is 9.84 Å². The molecule has 0 aromatic heterocycles. The van der Waals surface area contributed by atoms with Gasteiger partial charge in [0.1, 0.15) is 17.7 Å². The lowest BCUT2D eigenvalue weighted by Crippen LogP contribution is -2.38. The predicted molar refractivity (Wildman–Crippen MR) is 65.0 cm³/mol. The minimum Gasteiger partial charge on any atom is -0.387 e. The number of hydrogen-bond donors (Lipinski definition) is 1. The van der Waals surface area contributed by atoms with Gasteiger partial charge in [-0.3, -0.25) is 0 Å². The molecule has 0 spiro atoms. The Hall–Kier alpha value is -1.01. The van der Waals surface area contributed by atoms with Crippen LogP contribution in [0.2, 0.25) is 0 Å². The summed E-state index contributed by atoms with van der Waals surface area (Å²) in [6.07, 6.45) is -0.852. The highest BCUT2D eigenvalue weighted by molar-refractivity contribution is 7.92. The van der Waals surface area contributed by atoms with Crippen molar-refractivity contribution in [2.24, 2.45) is 0 Å². The maximum absolute atomic E-state index is 13.8. The van der Waals surface area contributed by atoms with Gasteiger partial charge in [-0.1, -0.05) is 6.07 Å². The zero-order chi connectivity index (χ0) is 14.3. The molecule has 0 saturated heterocycles. The minimum atomic E-state index is -3.68. The lowest BCUT2D eigenvalue weighted by Gasteiger charge is -2.29. The SMILES string of the molecule is Cc1ccc(F)c(C(O)C(C)(C)S(C)(=O)=O)c1F. The second kappa shape index (κ2) is 4.59. The summed E-state index contributed by atoms with van der Waals surface area (Å²) in [5.41, 5.74) is -0.458. The van der Waals surface area contributed by atoms with Crippen molar-refractivity contribution < 1.29 is 22.3 Å². The maximum Gasteiger partial charge on any atom is 0.155 e. The van der Waals surface area contributed by atoms with Crippen LogP contribution in [0.15, 0.2) is 12.1 Å². The third-order valence-electron chi connectivity index (χ3n) is 3.21. The van der Waals surface area contributed by atoms with Gasteiger partial charge in [0, 0.05) is 6.26 Å². The van der Waals surface area contributed by atoms with E-state index in [2.05, 4.69) is 0 Å². The van der Waals surface area contributed by atoms with Gasteiger partial charge in [0.15, 0.2) is 9.84 Å². The molecule has 0 fully saturated rings. The van der Waals surface area contributed by atoms with E-state index in [1.54, 1.807) is 0 Å². The fourth-order valence-electron chi connectivity index (χ4n) is 1.48. The lowest BCUT2D eigenvalue weighted by atomic mass is 9.95. The number of hydrogen-bond acceptors (Lipinski definition) is 3. The number of aliphatic hydroxyl groups is 1. The highest BCUT2D eigenvalue weighted by Gasteiger charge is 2.41. The van der Waals surface area contributed by atoms with Gasteiger partial charge in [-0.15, -0.1) is 0 Å². The van der Waals surface area contributed by atoms with Gasteiger partial charge < -0.3 is 5.11 Å². The highest BCUT2D eigenvalue weighted by Crippen LogP contribution is 2.35. The van der Waals surface area contributed by atoms with Crippen LogP contribution in [0, 0.1) is 18.6 Å². The molecule has 3 nitrogen and oxygen atoms in total. The molecule has 1 atom stereocenters. The zero-order valence-electron chi connectivity index (χ0n) is 10.7. The molecule has 6 heteroatoms. The Morgan fingerprint density at radius 1 is 1.28 bits per heavy atom. The average Bonchev–Trinajstić information content (AvgIpc) is 2.22. The summed E-state index contributed by atoms with van der Waals surface area (Å²) in [5.74, 6) is -1.87. The third kappa shape index (κ3) is 2.40. The topological polar surface area (TPSA) is 54.4 Å². The smallest absolute Gasteiger partial charge is 0.155 e. The standard InChI is InChI=1S/C12H16F2O3S/c1-7-5-6-8(13)9(10(7)14)11(15)12(2,3)18(4,16)17/h5-6,11,15H,1-4H3. The van der Waals surface area contributed by atoms with Crippen molar-refractivity contribution in [3.8, 4) is 0 Å². The molecule has 0 amide bonds. The van der Waals surface area contributed by atoms with Crippen molar-refractivity contribution in [3.63, 3.8) is 0 Å².